The first kappa shape index (κ1) is 11.0. The first-order valence-electron chi connectivity index (χ1n) is 4.03. The molecule has 0 saturated heterocycles. The van der Waals surface area contributed by atoms with E-state index in [-0.39, 0.29) is 0 Å². The van der Waals surface area contributed by atoms with Crippen LogP contribution in [-0.2, 0) is 4.74 Å². The molecule has 1 aromatic carbocycles. The number of carbonyl (C=O) groups excluding carboxylic acids is 1. The molecule has 0 amide bonds. The van der Waals surface area contributed by atoms with E-state index < -0.39 is 5.97 Å². The fraction of sp³-hybridized carbons (Fsp3) is 0.300. The molecule has 0 spiro atoms. The smallest absolute Gasteiger partial charge is 0.341 e. The van der Waals surface area contributed by atoms with Gasteiger partial charge in [-0.25, -0.2) is 4.79 Å². The Labute approximate surface area is 91.1 Å². The highest BCUT2D eigenvalue weighted by Gasteiger charge is 2.16. The minimum absolute atomic E-state index is 0.400. The Bertz CT molecular complexity index is 361. The molecule has 3 nitrogen and oxygen atoms in total. The molecule has 0 aliphatic heterocycles. The first-order valence-corrected chi connectivity index (χ1v) is 4.82. The molecular formula is C10H11BrO3. The minimum atomic E-state index is -0.400. The monoisotopic (exact) mass is 258 g/mol. The molecule has 0 radical (unpaired) electrons. The summed E-state index contributed by atoms with van der Waals surface area (Å²) < 4.78 is 10.5. The first-order chi connectivity index (χ1) is 6.61. The van der Waals surface area contributed by atoms with E-state index in [0.29, 0.717) is 11.3 Å². The number of carbonyl (C=O) groups is 1. The summed E-state index contributed by atoms with van der Waals surface area (Å²) in [6.07, 6.45) is 0. The predicted molar refractivity (Wildman–Crippen MR) is 56.8 cm³/mol. The van der Waals surface area contributed by atoms with E-state index in [1.54, 1.807) is 6.07 Å². The average molecular weight is 259 g/mol. The molecule has 0 aromatic heterocycles. The van der Waals surface area contributed by atoms with Crippen molar-refractivity contribution in [3.63, 3.8) is 0 Å². The summed E-state index contributed by atoms with van der Waals surface area (Å²) >= 11 is 3.36. The van der Waals surface area contributed by atoms with E-state index in [9.17, 15) is 4.79 Å². The van der Waals surface area contributed by atoms with Crippen molar-refractivity contribution in [2.24, 2.45) is 0 Å². The van der Waals surface area contributed by atoms with Crippen LogP contribution in [0.25, 0.3) is 0 Å². The fourth-order valence-electron chi connectivity index (χ4n) is 1.12. The maximum Gasteiger partial charge on any atom is 0.341 e. The molecule has 0 saturated carbocycles. The molecule has 0 aliphatic rings. The van der Waals surface area contributed by atoms with Crippen LogP contribution in [0.1, 0.15) is 15.9 Å². The Morgan fingerprint density at radius 2 is 2.00 bits per heavy atom. The number of rotatable bonds is 2. The van der Waals surface area contributed by atoms with Gasteiger partial charge in [0.05, 0.1) is 18.7 Å². The Morgan fingerprint density at radius 3 is 2.50 bits per heavy atom. The van der Waals surface area contributed by atoms with Crippen molar-refractivity contribution in [2.45, 2.75) is 6.92 Å². The van der Waals surface area contributed by atoms with Gasteiger partial charge < -0.3 is 9.47 Å². The van der Waals surface area contributed by atoms with Crippen molar-refractivity contribution in [3.8, 4) is 5.75 Å². The van der Waals surface area contributed by atoms with Gasteiger partial charge in [-0.3, -0.25) is 0 Å². The van der Waals surface area contributed by atoms with Gasteiger partial charge in [0.2, 0.25) is 0 Å². The molecule has 1 aromatic rings. The molecule has 4 heteroatoms. The summed E-state index contributed by atoms with van der Waals surface area (Å²) in [4.78, 5) is 11.3. The number of ether oxygens (including phenoxy) is 2. The SMILES string of the molecule is COC(=O)c1ccc(C)c(Br)c1OC. The van der Waals surface area contributed by atoms with Gasteiger partial charge >= 0.3 is 5.97 Å². The third kappa shape index (κ3) is 1.90. The second-order valence-corrected chi connectivity index (χ2v) is 3.56. The summed E-state index contributed by atoms with van der Waals surface area (Å²) in [6.45, 7) is 1.92. The van der Waals surface area contributed by atoms with Crippen molar-refractivity contribution in [1.82, 2.24) is 0 Å². The van der Waals surface area contributed by atoms with E-state index in [1.807, 2.05) is 13.0 Å². The molecule has 0 heterocycles. The molecule has 0 bridgehead atoms. The Hall–Kier alpha value is -1.03. The zero-order valence-electron chi connectivity index (χ0n) is 8.26. The number of hydrogen-bond donors (Lipinski definition) is 0. The fourth-order valence-corrected chi connectivity index (χ4v) is 1.63. The molecule has 1 rings (SSSR count). The van der Waals surface area contributed by atoms with Gasteiger partial charge in [0.1, 0.15) is 11.3 Å². The molecule has 14 heavy (non-hydrogen) atoms. The average Bonchev–Trinajstić information content (AvgIpc) is 2.20. The van der Waals surface area contributed by atoms with E-state index in [4.69, 9.17) is 4.74 Å². The molecular weight excluding hydrogens is 248 g/mol. The van der Waals surface area contributed by atoms with E-state index in [2.05, 4.69) is 20.7 Å². The van der Waals surface area contributed by atoms with Crippen LogP contribution in [0.15, 0.2) is 16.6 Å². The summed E-state index contributed by atoms with van der Waals surface area (Å²) in [5.74, 6) is 0.111. The van der Waals surface area contributed by atoms with Crippen LogP contribution in [0.5, 0.6) is 5.75 Å². The van der Waals surface area contributed by atoms with E-state index in [0.717, 1.165) is 10.0 Å². The zero-order chi connectivity index (χ0) is 10.7. The van der Waals surface area contributed by atoms with Crippen molar-refractivity contribution in [2.75, 3.05) is 14.2 Å². The minimum Gasteiger partial charge on any atom is -0.495 e. The second-order valence-electron chi connectivity index (χ2n) is 2.77. The maximum atomic E-state index is 11.3. The lowest BCUT2D eigenvalue weighted by Crippen LogP contribution is -2.04. The quantitative estimate of drug-likeness (QED) is 0.765. The zero-order valence-corrected chi connectivity index (χ0v) is 9.84. The van der Waals surface area contributed by atoms with Gasteiger partial charge in [0.15, 0.2) is 0 Å². The lowest BCUT2D eigenvalue weighted by molar-refractivity contribution is 0.0597. The van der Waals surface area contributed by atoms with Gasteiger partial charge in [0.25, 0.3) is 0 Å². The highest BCUT2D eigenvalue weighted by molar-refractivity contribution is 9.10. The second kappa shape index (κ2) is 4.46. The standard InChI is InChI=1S/C10H11BrO3/c1-6-4-5-7(10(12)14-3)9(13-2)8(6)11/h4-5H,1-3H3. The number of aryl methyl sites for hydroxylation is 1. The maximum absolute atomic E-state index is 11.3. The van der Waals surface area contributed by atoms with E-state index in [1.165, 1.54) is 14.2 Å². The summed E-state index contributed by atoms with van der Waals surface area (Å²) in [5, 5.41) is 0. The highest BCUT2D eigenvalue weighted by Crippen LogP contribution is 2.32. The summed E-state index contributed by atoms with van der Waals surface area (Å²) in [5.41, 5.74) is 1.43. The normalized spacial score (nSPS) is 9.71. The van der Waals surface area contributed by atoms with Crippen LogP contribution in [-0.4, -0.2) is 20.2 Å². The number of methoxy groups -OCH3 is 2. The Morgan fingerprint density at radius 1 is 1.36 bits per heavy atom. The topological polar surface area (TPSA) is 35.5 Å². The van der Waals surface area contributed by atoms with Crippen LogP contribution in [0.4, 0.5) is 0 Å². The third-order valence-electron chi connectivity index (χ3n) is 1.90. The largest absolute Gasteiger partial charge is 0.495 e. The van der Waals surface area contributed by atoms with Crippen LogP contribution in [0.2, 0.25) is 0 Å². The van der Waals surface area contributed by atoms with Crippen molar-refractivity contribution in [3.05, 3.63) is 27.7 Å². The Balaban J connectivity index is 3.31. The number of esters is 1. The lowest BCUT2D eigenvalue weighted by Gasteiger charge is -2.10. The molecule has 76 valence electrons. The predicted octanol–water partition coefficient (Wildman–Crippen LogP) is 2.55. The molecule has 0 aliphatic carbocycles. The van der Waals surface area contributed by atoms with Gasteiger partial charge in [-0.05, 0) is 34.5 Å². The summed E-state index contributed by atoms with van der Waals surface area (Å²) in [7, 11) is 2.86. The van der Waals surface area contributed by atoms with Gasteiger partial charge in [-0.1, -0.05) is 6.07 Å². The van der Waals surface area contributed by atoms with Crippen molar-refractivity contribution >= 4 is 21.9 Å². The van der Waals surface area contributed by atoms with Crippen LogP contribution in [0.3, 0.4) is 0 Å². The van der Waals surface area contributed by atoms with Gasteiger partial charge in [0, 0.05) is 0 Å². The lowest BCUT2D eigenvalue weighted by atomic mass is 10.1. The van der Waals surface area contributed by atoms with Crippen LogP contribution >= 0.6 is 15.9 Å². The number of halogens is 1. The molecule has 0 atom stereocenters. The van der Waals surface area contributed by atoms with Crippen LogP contribution in [0, 0.1) is 6.92 Å². The van der Waals surface area contributed by atoms with Crippen molar-refractivity contribution < 1.29 is 14.3 Å². The van der Waals surface area contributed by atoms with E-state index >= 15 is 0 Å². The summed E-state index contributed by atoms with van der Waals surface area (Å²) in [6, 6.07) is 3.52. The number of benzene rings is 1. The molecule has 0 unspecified atom stereocenters. The third-order valence-corrected chi connectivity index (χ3v) is 2.89. The van der Waals surface area contributed by atoms with Gasteiger partial charge in [-0.2, -0.15) is 0 Å². The van der Waals surface area contributed by atoms with Crippen molar-refractivity contribution in [1.29, 1.82) is 0 Å². The highest BCUT2D eigenvalue weighted by atomic mass is 79.9. The Kier molecular flexibility index (Phi) is 3.52. The van der Waals surface area contributed by atoms with Gasteiger partial charge in [-0.15, -0.1) is 0 Å². The number of hydrogen-bond acceptors (Lipinski definition) is 3. The molecule has 0 fully saturated rings. The molecule has 0 N–H and O–H groups in total. The van der Waals surface area contributed by atoms with Crippen LogP contribution < -0.4 is 4.74 Å².